The van der Waals surface area contributed by atoms with Crippen molar-refractivity contribution in [2.24, 2.45) is 0 Å². The van der Waals surface area contributed by atoms with E-state index in [2.05, 4.69) is 45.8 Å². The second-order valence-corrected chi connectivity index (χ2v) is 6.90. The number of nitrogens with one attached hydrogen (secondary N) is 1. The highest BCUT2D eigenvalue weighted by atomic mass is 32.1. The summed E-state index contributed by atoms with van der Waals surface area (Å²) in [5.41, 5.74) is 0. The number of thiophene rings is 2. The maximum Gasteiger partial charge on any atom is 0.227 e. The fourth-order valence-electron chi connectivity index (χ4n) is 2.07. The molecule has 1 N–H and O–H groups in total. The molecule has 0 fully saturated rings. The molecule has 0 atom stereocenters. The molecule has 0 saturated carbocycles. The first kappa shape index (κ1) is 14.3. The number of rotatable bonds is 6. The molecule has 0 amide bonds. The lowest BCUT2D eigenvalue weighted by Crippen LogP contribution is -2.06. The molecule has 0 spiro atoms. The highest BCUT2D eigenvalue weighted by Gasteiger charge is 2.11. The largest absolute Gasteiger partial charge is 0.477 e. The van der Waals surface area contributed by atoms with E-state index in [0.29, 0.717) is 18.4 Å². The van der Waals surface area contributed by atoms with Crippen LogP contribution in [0.4, 0.5) is 5.95 Å². The summed E-state index contributed by atoms with van der Waals surface area (Å²) in [6.07, 6.45) is 0.906. The van der Waals surface area contributed by atoms with Gasteiger partial charge in [-0.3, -0.25) is 0 Å². The zero-order chi connectivity index (χ0) is 14.7. The number of aromatic nitrogens is 2. The van der Waals surface area contributed by atoms with Gasteiger partial charge in [-0.1, -0.05) is 6.07 Å². The highest BCUT2D eigenvalue weighted by Crippen LogP contribution is 2.31. The van der Waals surface area contributed by atoms with Crippen LogP contribution in [0.1, 0.15) is 16.7 Å². The summed E-state index contributed by atoms with van der Waals surface area (Å²) >= 11 is 3.42. The van der Waals surface area contributed by atoms with Crippen molar-refractivity contribution in [2.75, 3.05) is 18.5 Å². The second kappa shape index (κ2) is 6.41. The number of aryl methyl sites for hydroxylation is 1. The minimum Gasteiger partial charge on any atom is -0.477 e. The molecular weight excluding hydrogens is 302 g/mol. The summed E-state index contributed by atoms with van der Waals surface area (Å²) in [6.45, 7) is 5.54. The molecular formula is C15H17N3OS2. The molecule has 4 nitrogen and oxygen atoms in total. The SMILES string of the molecule is CCNc1nc(OCCc2cccs2)c2cc(C)sc2n1. The predicted octanol–water partition coefficient (Wildman–Crippen LogP) is 4.11. The Labute approximate surface area is 131 Å². The third-order valence-electron chi connectivity index (χ3n) is 2.98. The molecule has 6 heteroatoms. The van der Waals surface area contributed by atoms with E-state index in [1.165, 1.54) is 9.75 Å². The first-order valence-electron chi connectivity index (χ1n) is 6.93. The lowest BCUT2D eigenvalue weighted by molar-refractivity contribution is 0.315. The van der Waals surface area contributed by atoms with E-state index in [-0.39, 0.29) is 0 Å². The third-order valence-corrected chi connectivity index (χ3v) is 4.86. The molecule has 3 heterocycles. The Morgan fingerprint density at radius 3 is 3.00 bits per heavy atom. The predicted molar refractivity (Wildman–Crippen MR) is 89.8 cm³/mol. The Hall–Kier alpha value is -1.66. The number of anilines is 1. The van der Waals surface area contributed by atoms with Crippen LogP contribution in [-0.2, 0) is 6.42 Å². The summed E-state index contributed by atoms with van der Waals surface area (Å²) in [6, 6.07) is 6.28. The smallest absolute Gasteiger partial charge is 0.227 e. The van der Waals surface area contributed by atoms with Gasteiger partial charge in [0.05, 0.1) is 12.0 Å². The quantitative estimate of drug-likeness (QED) is 0.742. The Morgan fingerprint density at radius 1 is 1.33 bits per heavy atom. The topological polar surface area (TPSA) is 47.0 Å². The van der Waals surface area contributed by atoms with E-state index in [4.69, 9.17) is 4.74 Å². The second-order valence-electron chi connectivity index (χ2n) is 4.64. The fraction of sp³-hybridized carbons (Fsp3) is 0.333. The maximum absolute atomic E-state index is 5.92. The Bertz CT molecular complexity index is 722. The van der Waals surface area contributed by atoms with Gasteiger partial charge in [0, 0.05) is 22.7 Å². The van der Waals surface area contributed by atoms with E-state index < -0.39 is 0 Å². The van der Waals surface area contributed by atoms with Crippen molar-refractivity contribution in [2.45, 2.75) is 20.3 Å². The monoisotopic (exact) mass is 319 g/mol. The lowest BCUT2D eigenvalue weighted by Gasteiger charge is -2.08. The molecule has 0 aliphatic rings. The van der Waals surface area contributed by atoms with Crippen molar-refractivity contribution < 1.29 is 4.74 Å². The van der Waals surface area contributed by atoms with Gasteiger partial charge in [0.1, 0.15) is 4.83 Å². The average molecular weight is 319 g/mol. The van der Waals surface area contributed by atoms with Crippen LogP contribution >= 0.6 is 22.7 Å². The number of hydrogen-bond donors (Lipinski definition) is 1. The first-order valence-corrected chi connectivity index (χ1v) is 8.63. The van der Waals surface area contributed by atoms with Crippen molar-refractivity contribution in [3.05, 3.63) is 33.3 Å². The van der Waals surface area contributed by atoms with Crippen LogP contribution in [0, 0.1) is 6.92 Å². The van der Waals surface area contributed by atoms with Gasteiger partial charge in [0.2, 0.25) is 11.8 Å². The van der Waals surface area contributed by atoms with Crippen LogP contribution in [0.25, 0.3) is 10.2 Å². The normalized spacial score (nSPS) is 11.0. The van der Waals surface area contributed by atoms with Gasteiger partial charge in [-0.15, -0.1) is 22.7 Å². The van der Waals surface area contributed by atoms with Gasteiger partial charge in [-0.05, 0) is 31.4 Å². The average Bonchev–Trinajstić information content (AvgIpc) is 3.07. The molecule has 110 valence electrons. The lowest BCUT2D eigenvalue weighted by atomic mass is 10.3. The van der Waals surface area contributed by atoms with Crippen LogP contribution in [-0.4, -0.2) is 23.1 Å². The Morgan fingerprint density at radius 2 is 2.24 bits per heavy atom. The molecule has 0 bridgehead atoms. The van der Waals surface area contributed by atoms with E-state index in [9.17, 15) is 0 Å². The summed E-state index contributed by atoms with van der Waals surface area (Å²) < 4.78 is 5.92. The summed E-state index contributed by atoms with van der Waals surface area (Å²) in [5.74, 6) is 1.31. The van der Waals surface area contributed by atoms with Crippen molar-refractivity contribution >= 4 is 38.8 Å². The summed E-state index contributed by atoms with van der Waals surface area (Å²) in [4.78, 5) is 12.5. The molecule has 21 heavy (non-hydrogen) atoms. The van der Waals surface area contributed by atoms with Crippen molar-refractivity contribution in [1.29, 1.82) is 0 Å². The summed E-state index contributed by atoms with van der Waals surface area (Å²) in [5, 5.41) is 6.25. The third kappa shape index (κ3) is 3.33. The number of ether oxygens (including phenoxy) is 1. The molecule has 0 aromatic carbocycles. The van der Waals surface area contributed by atoms with Crippen LogP contribution in [0.3, 0.4) is 0 Å². The minimum atomic E-state index is 0.632. The van der Waals surface area contributed by atoms with Gasteiger partial charge in [-0.2, -0.15) is 4.98 Å². The standard InChI is InChI=1S/C15H17N3OS2/c1-3-16-15-17-13(12-9-10(2)21-14(12)18-15)19-7-6-11-5-4-8-20-11/h4-5,8-9H,3,6-7H2,1-2H3,(H,16,17,18). The number of nitrogens with zero attached hydrogens (tertiary/aromatic N) is 2. The van der Waals surface area contributed by atoms with Gasteiger partial charge >= 0.3 is 0 Å². The van der Waals surface area contributed by atoms with Crippen molar-refractivity contribution in [1.82, 2.24) is 9.97 Å². The van der Waals surface area contributed by atoms with Crippen molar-refractivity contribution in [3.8, 4) is 5.88 Å². The first-order chi connectivity index (χ1) is 10.3. The molecule has 0 radical (unpaired) electrons. The molecule has 0 saturated heterocycles. The zero-order valence-corrected chi connectivity index (χ0v) is 13.7. The molecule has 3 rings (SSSR count). The van der Waals surface area contributed by atoms with Crippen molar-refractivity contribution in [3.63, 3.8) is 0 Å². The van der Waals surface area contributed by atoms with Gasteiger partial charge in [-0.25, -0.2) is 4.98 Å². The van der Waals surface area contributed by atoms with Gasteiger partial charge in [0.15, 0.2) is 0 Å². The number of hydrogen-bond acceptors (Lipinski definition) is 6. The maximum atomic E-state index is 5.92. The Kier molecular flexibility index (Phi) is 4.36. The Balaban J connectivity index is 1.81. The van der Waals surface area contributed by atoms with Crippen LogP contribution in [0.15, 0.2) is 23.6 Å². The van der Waals surface area contributed by atoms with E-state index in [1.807, 2.05) is 6.92 Å². The molecule has 0 unspecified atom stereocenters. The van der Waals surface area contributed by atoms with E-state index in [0.717, 1.165) is 23.2 Å². The summed E-state index contributed by atoms with van der Waals surface area (Å²) in [7, 11) is 0. The van der Waals surface area contributed by atoms with E-state index >= 15 is 0 Å². The molecule has 3 aromatic rings. The van der Waals surface area contributed by atoms with Crippen LogP contribution in [0.5, 0.6) is 5.88 Å². The molecule has 0 aliphatic carbocycles. The minimum absolute atomic E-state index is 0.632. The van der Waals surface area contributed by atoms with Crippen LogP contribution in [0.2, 0.25) is 0 Å². The number of fused-ring (bicyclic) bond motifs is 1. The fourth-order valence-corrected chi connectivity index (χ4v) is 3.63. The van der Waals surface area contributed by atoms with Crippen LogP contribution < -0.4 is 10.1 Å². The van der Waals surface area contributed by atoms with Gasteiger partial charge < -0.3 is 10.1 Å². The molecule has 0 aliphatic heterocycles. The molecule has 3 aromatic heterocycles. The highest BCUT2D eigenvalue weighted by molar-refractivity contribution is 7.18. The van der Waals surface area contributed by atoms with E-state index in [1.54, 1.807) is 22.7 Å². The zero-order valence-electron chi connectivity index (χ0n) is 12.0. The van der Waals surface area contributed by atoms with Gasteiger partial charge in [0.25, 0.3) is 0 Å².